The predicted octanol–water partition coefficient (Wildman–Crippen LogP) is 3.24. The summed E-state index contributed by atoms with van der Waals surface area (Å²) in [5, 5.41) is 13.8. The van der Waals surface area contributed by atoms with Crippen molar-refractivity contribution in [3.8, 4) is 0 Å². The molecule has 0 spiro atoms. The minimum atomic E-state index is -0.448. The van der Waals surface area contributed by atoms with Crippen molar-refractivity contribution in [2.24, 2.45) is 0 Å². The Balaban J connectivity index is 2.10. The highest BCUT2D eigenvalue weighted by molar-refractivity contribution is 5.94. The average Bonchev–Trinajstić information content (AvgIpc) is 2.55. The first-order valence-electron chi connectivity index (χ1n) is 8.06. The zero-order valence-corrected chi connectivity index (χ0v) is 14.9. The molecular formula is C19H23N3O3. The molecule has 2 aromatic carbocycles. The first kappa shape index (κ1) is 18.6. The van der Waals surface area contributed by atoms with Crippen molar-refractivity contribution in [2.45, 2.75) is 19.9 Å². The number of nitrogens with one attached hydrogen (secondary N) is 1. The Hall–Kier alpha value is -2.73. The van der Waals surface area contributed by atoms with Gasteiger partial charge >= 0.3 is 0 Å². The summed E-state index contributed by atoms with van der Waals surface area (Å²) >= 11 is 0. The van der Waals surface area contributed by atoms with Crippen LogP contribution < -0.4 is 5.32 Å². The Kier molecular flexibility index (Phi) is 5.88. The highest BCUT2D eigenvalue weighted by Crippen LogP contribution is 2.20. The molecule has 0 aliphatic heterocycles. The van der Waals surface area contributed by atoms with Crippen molar-refractivity contribution in [1.29, 1.82) is 0 Å². The molecular weight excluding hydrogens is 318 g/mol. The summed E-state index contributed by atoms with van der Waals surface area (Å²) in [5.74, 6) is -0.239. The van der Waals surface area contributed by atoms with E-state index in [1.165, 1.54) is 17.7 Å². The summed E-state index contributed by atoms with van der Waals surface area (Å²) < 4.78 is 0. The number of carbonyl (C=O) groups is 1. The van der Waals surface area contributed by atoms with E-state index in [0.717, 1.165) is 5.56 Å². The first-order valence-corrected chi connectivity index (χ1v) is 8.06. The van der Waals surface area contributed by atoms with Crippen LogP contribution in [0, 0.1) is 24.0 Å². The SMILES string of the molecule is Cc1ccc(C(CNC(=O)c2ccc([N+](=O)[O-])c(C)c2)N(C)C)cc1. The fourth-order valence-electron chi connectivity index (χ4n) is 2.68. The highest BCUT2D eigenvalue weighted by atomic mass is 16.6. The lowest BCUT2D eigenvalue weighted by atomic mass is 10.0. The van der Waals surface area contributed by atoms with E-state index < -0.39 is 4.92 Å². The quantitative estimate of drug-likeness (QED) is 0.646. The minimum absolute atomic E-state index is 0.0161. The number of likely N-dealkylation sites (N-methyl/N-ethyl adjacent to an activating group) is 1. The van der Waals surface area contributed by atoms with Crippen LogP contribution in [0.5, 0.6) is 0 Å². The molecule has 6 nitrogen and oxygen atoms in total. The predicted molar refractivity (Wildman–Crippen MR) is 97.8 cm³/mol. The number of nitro groups is 1. The molecule has 1 unspecified atom stereocenters. The van der Waals surface area contributed by atoms with Crippen LogP contribution in [-0.2, 0) is 0 Å². The van der Waals surface area contributed by atoms with Crippen LogP contribution in [-0.4, -0.2) is 36.4 Å². The van der Waals surface area contributed by atoms with E-state index in [4.69, 9.17) is 0 Å². The minimum Gasteiger partial charge on any atom is -0.350 e. The number of amides is 1. The molecule has 0 saturated heterocycles. The van der Waals surface area contributed by atoms with E-state index >= 15 is 0 Å². The van der Waals surface area contributed by atoms with Crippen molar-refractivity contribution < 1.29 is 9.72 Å². The van der Waals surface area contributed by atoms with Gasteiger partial charge in [0, 0.05) is 23.7 Å². The Morgan fingerprint density at radius 1 is 1.16 bits per heavy atom. The number of rotatable bonds is 6. The Morgan fingerprint density at radius 3 is 2.32 bits per heavy atom. The molecule has 0 radical (unpaired) electrons. The van der Waals surface area contributed by atoms with E-state index in [2.05, 4.69) is 17.4 Å². The summed E-state index contributed by atoms with van der Waals surface area (Å²) in [7, 11) is 3.93. The van der Waals surface area contributed by atoms with Crippen LogP contribution >= 0.6 is 0 Å². The van der Waals surface area contributed by atoms with Gasteiger partial charge in [0.2, 0.25) is 0 Å². The number of aryl methyl sites for hydroxylation is 2. The Labute approximate surface area is 147 Å². The van der Waals surface area contributed by atoms with Gasteiger partial charge in [-0.1, -0.05) is 29.8 Å². The second-order valence-corrected chi connectivity index (χ2v) is 6.36. The number of benzene rings is 2. The van der Waals surface area contributed by atoms with Crippen LogP contribution in [0.25, 0.3) is 0 Å². The Bertz CT molecular complexity index is 770. The third-order valence-electron chi connectivity index (χ3n) is 4.20. The smallest absolute Gasteiger partial charge is 0.272 e. The second kappa shape index (κ2) is 7.90. The number of nitrogens with zero attached hydrogens (tertiary/aromatic N) is 2. The first-order chi connectivity index (χ1) is 11.8. The van der Waals surface area contributed by atoms with Crippen LogP contribution in [0.3, 0.4) is 0 Å². The molecule has 2 rings (SSSR count). The molecule has 1 N–H and O–H groups in total. The number of carbonyl (C=O) groups excluding carboxylic acids is 1. The largest absolute Gasteiger partial charge is 0.350 e. The fraction of sp³-hybridized carbons (Fsp3) is 0.316. The van der Waals surface area contributed by atoms with E-state index in [1.54, 1.807) is 13.0 Å². The monoisotopic (exact) mass is 341 g/mol. The van der Waals surface area contributed by atoms with E-state index in [-0.39, 0.29) is 17.6 Å². The number of hydrogen-bond donors (Lipinski definition) is 1. The zero-order valence-electron chi connectivity index (χ0n) is 14.9. The third-order valence-corrected chi connectivity index (χ3v) is 4.20. The van der Waals surface area contributed by atoms with Gasteiger partial charge in [-0.05, 0) is 45.6 Å². The van der Waals surface area contributed by atoms with Crippen LogP contribution in [0.2, 0.25) is 0 Å². The van der Waals surface area contributed by atoms with Crippen molar-refractivity contribution in [3.63, 3.8) is 0 Å². The van der Waals surface area contributed by atoms with Crippen LogP contribution in [0.1, 0.15) is 33.1 Å². The van der Waals surface area contributed by atoms with Gasteiger partial charge in [0.1, 0.15) is 0 Å². The van der Waals surface area contributed by atoms with Crippen molar-refractivity contribution in [1.82, 2.24) is 10.2 Å². The summed E-state index contributed by atoms with van der Waals surface area (Å²) in [5.41, 5.74) is 3.22. The molecule has 0 aliphatic rings. The average molecular weight is 341 g/mol. The molecule has 0 aromatic heterocycles. The molecule has 25 heavy (non-hydrogen) atoms. The van der Waals surface area contributed by atoms with Gasteiger partial charge in [-0.25, -0.2) is 0 Å². The maximum atomic E-state index is 12.4. The number of nitro benzene ring substituents is 1. The molecule has 0 bridgehead atoms. The van der Waals surface area contributed by atoms with Gasteiger partial charge < -0.3 is 10.2 Å². The molecule has 0 heterocycles. The van der Waals surface area contributed by atoms with Gasteiger partial charge in [0.25, 0.3) is 11.6 Å². The topological polar surface area (TPSA) is 75.5 Å². The molecule has 0 aliphatic carbocycles. The van der Waals surface area contributed by atoms with Crippen molar-refractivity contribution in [3.05, 3.63) is 74.8 Å². The van der Waals surface area contributed by atoms with E-state index in [9.17, 15) is 14.9 Å². The number of hydrogen-bond acceptors (Lipinski definition) is 4. The molecule has 0 fully saturated rings. The lowest BCUT2D eigenvalue weighted by Crippen LogP contribution is -2.34. The normalized spacial score (nSPS) is 12.0. The molecule has 1 amide bonds. The van der Waals surface area contributed by atoms with Crippen molar-refractivity contribution in [2.75, 3.05) is 20.6 Å². The lowest BCUT2D eigenvalue weighted by molar-refractivity contribution is -0.385. The zero-order chi connectivity index (χ0) is 18.6. The third kappa shape index (κ3) is 4.64. The Morgan fingerprint density at radius 2 is 1.80 bits per heavy atom. The summed E-state index contributed by atoms with van der Waals surface area (Å²) in [6.45, 7) is 4.11. The molecule has 132 valence electrons. The fourth-order valence-corrected chi connectivity index (χ4v) is 2.68. The second-order valence-electron chi connectivity index (χ2n) is 6.36. The van der Waals surface area contributed by atoms with E-state index in [0.29, 0.717) is 17.7 Å². The molecule has 0 saturated carbocycles. The molecule has 2 aromatic rings. The standard InChI is InChI=1S/C19H23N3O3/c1-13-5-7-15(8-6-13)18(21(3)4)12-20-19(23)16-9-10-17(22(24)25)14(2)11-16/h5-11,18H,12H2,1-4H3,(H,20,23). The summed E-state index contributed by atoms with van der Waals surface area (Å²) in [6.07, 6.45) is 0. The maximum Gasteiger partial charge on any atom is 0.272 e. The van der Waals surface area contributed by atoms with Crippen LogP contribution in [0.15, 0.2) is 42.5 Å². The van der Waals surface area contributed by atoms with Gasteiger partial charge in [-0.15, -0.1) is 0 Å². The van der Waals surface area contributed by atoms with Gasteiger partial charge in [-0.3, -0.25) is 14.9 Å². The highest BCUT2D eigenvalue weighted by Gasteiger charge is 2.17. The van der Waals surface area contributed by atoms with Crippen molar-refractivity contribution >= 4 is 11.6 Å². The summed E-state index contributed by atoms with van der Waals surface area (Å²) in [6, 6.07) is 12.7. The molecule has 6 heteroatoms. The lowest BCUT2D eigenvalue weighted by Gasteiger charge is -2.25. The van der Waals surface area contributed by atoms with Gasteiger partial charge in [0.15, 0.2) is 0 Å². The maximum absolute atomic E-state index is 12.4. The summed E-state index contributed by atoms with van der Waals surface area (Å²) in [4.78, 5) is 24.9. The van der Waals surface area contributed by atoms with E-state index in [1.807, 2.05) is 38.1 Å². The van der Waals surface area contributed by atoms with Gasteiger partial charge in [0.05, 0.1) is 11.0 Å². The molecule has 1 atom stereocenters. The van der Waals surface area contributed by atoms with Gasteiger partial charge in [-0.2, -0.15) is 0 Å². The van der Waals surface area contributed by atoms with Crippen LogP contribution in [0.4, 0.5) is 5.69 Å².